The number of hydrogen-bond donors (Lipinski definition) is 0. The molecule has 0 aromatic rings. The fourth-order valence-corrected chi connectivity index (χ4v) is 1.47. The summed E-state index contributed by atoms with van der Waals surface area (Å²) < 4.78 is 0. The Kier molecular flexibility index (Phi) is 5.51. The van der Waals surface area contributed by atoms with Gasteiger partial charge < -0.3 is 0 Å². The minimum absolute atomic E-state index is 0.598. The topological polar surface area (TPSA) is 0 Å². The lowest BCUT2D eigenvalue weighted by atomic mass is 10.4. The molecule has 0 fully saturated rings. The molecule has 0 N–H and O–H groups in total. The molecule has 0 spiro atoms. The van der Waals surface area contributed by atoms with Crippen LogP contribution >= 0.6 is 10.5 Å². The predicted octanol–water partition coefficient (Wildman–Crippen LogP) is 2.51. The molecule has 0 bridgehead atoms. The molecule has 50 valence electrons. The van der Waals surface area contributed by atoms with Crippen molar-refractivity contribution in [2.75, 3.05) is 12.0 Å². The molecule has 1 unspecified atom stereocenters. The van der Waals surface area contributed by atoms with Crippen molar-refractivity contribution in [2.45, 2.75) is 26.7 Å². The normalized spacial score (nSPS) is 14.4. The molecule has 0 aliphatic carbocycles. The van der Waals surface area contributed by atoms with Gasteiger partial charge in [-0.05, 0) is 25.4 Å². The van der Waals surface area contributed by atoms with Gasteiger partial charge in [-0.1, -0.05) is 18.7 Å². The summed E-state index contributed by atoms with van der Waals surface area (Å²) in [6.45, 7) is 4.39. The van der Waals surface area contributed by atoms with E-state index < -0.39 is 0 Å². The van der Waals surface area contributed by atoms with Gasteiger partial charge in [-0.25, -0.2) is 0 Å². The fraction of sp³-hybridized carbons (Fsp3) is 0.857. The van der Waals surface area contributed by atoms with Crippen LogP contribution in [0.15, 0.2) is 0 Å². The molecule has 0 aromatic carbocycles. The van der Waals surface area contributed by atoms with Crippen molar-refractivity contribution in [3.63, 3.8) is 0 Å². The zero-order valence-corrected chi connectivity index (χ0v) is 6.92. The van der Waals surface area contributed by atoms with E-state index in [9.17, 15) is 0 Å². The molecule has 0 nitrogen and oxygen atoms in total. The highest BCUT2D eigenvalue weighted by atomic mass is 32.2. The van der Waals surface area contributed by atoms with E-state index in [0.717, 1.165) is 0 Å². The Bertz CT molecular complexity index is 74.5. The first-order valence-electron chi connectivity index (χ1n) is 3.22. The van der Waals surface area contributed by atoms with Crippen molar-refractivity contribution in [3.05, 3.63) is 0 Å². The molecular formula is C7H16S. The van der Waals surface area contributed by atoms with E-state index in [1.54, 1.807) is 0 Å². The Morgan fingerprint density at radius 1 is 1.50 bits per heavy atom. The van der Waals surface area contributed by atoms with Crippen molar-refractivity contribution < 1.29 is 0 Å². The first-order valence-corrected chi connectivity index (χ1v) is 5.08. The van der Waals surface area contributed by atoms with Crippen LogP contribution in [-0.2, 0) is 0 Å². The quantitative estimate of drug-likeness (QED) is 0.518. The minimum atomic E-state index is 0.598. The Morgan fingerprint density at radius 3 is 2.50 bits per heavy atom. The average Bonchev–Trinajstić information content (AvgIpc) is 1.83. The third kappa shape index (κ3) is 4.38. The summed E-state index contributed by atoms with van der Waals surface area (Å²) in [6, 6.07) is 0. The zero-order chi connectivity index (χ0) is 6.41. The van der Waals surface area contributed by atoms with Crippen molar-refractivity contribution in [3.8, 4) is 0 Å². The third-order valence-electron chi connectivity index (χ3n) is 1.22. The molecule has 1 heteroatoms. The molecule has 0 rings (SSSR count). The smallest absolute Gasteiger partial charge is 0.0123 e. The van der Waals surface area contributed by atoms with E-state index >= 15 is 0 Å². The van der Waals surface area contributed by atoms with Crippen LogP contribution in [0.25, 0.3) is 0 Å². The predicted molar refractivity (Wildman–Crippen MR) is 45.0 cm³/mol. The number of unbranched alkanes of at least 4 members (excludes halogenated alkanes) is 1. The third-order valence-corrected chi connectivity index (χ3v) is 2.96. The van der Waals surface area contributed by atoms with E-state index in [-0.39, 0.29) is 0 Å². The highest BCUT2D eigenvalue weighted by Gasteiger charge is 1.82. The van der Waals surface area contributed by atoms with Crippen LogP contribution in [0, 0.1) is 0 Å². The van der Waals surface area contributed by atoms with Gasteiger partial charge in [0.1, 0.15) is 0 Å². The van der Waals surface area contributed by atoms with E-state index in [1.165, 1.54) is 18.6 Å². The molecule has 0 heterocycles. The molecule has 0 radical (unpaired) electrons. The molecule has 1 atom stereocenters. The van der Waals surface area contributed by atoms with Crippen LogP contribution in [-0.4, -0.2) is 17.4 Å². The summed E-state index contributed by atoms with van der Waals surface area (Å²) >= 11 is 0. The van der Waals surface area contributed by atoms with Crippen molar-refractivity contribution >= 4 is 15.9 Å². The summed E-state index contributed by atoms with van der Waals surface area (Å²) in [5.74, 6) is 1.40. The molecule has 0 amide bonds. The Balaban J connectivity index is 3.12. The number of rotatable bonds is 3. The minimum Gasteiger partial charge on any atom is -0.193 e. The van der Waals surface area contributed by atoms with Gasteiger partial charge in [0.05, 0.1) is 0 Å². The fourth-order valence-electron chi connectivity index (χ4n) is 0.490. The maximum atomic E-state index is 2.30. The van der Waals surface area contributed by atoms with Crippen LogP contribution in [0.4, 0.5) is 0 Å². The Labute approximate surface area is 55.2 Å². The van der Waals surface area contributed by atoms with E-state index in [4.69, 9.17) is 0 Å². The first-order chi connectivity index (χ1) is 3.81. The number of hydrogen-bond acceptors (Lipinski definition) is 0. The summed E-state index contributed by atoms with van der Waals surface area (Å²) in [5, 5.41) is 2.30. The van der Waals surface area contributed by atoms with Crippen molar-refractivity contribution in [1.82, 2.24) is 0 Å². The van der Waals surface area contributed by atoms with Gasteiger partial charge in [0.25, 0.3) is 0 Å². The monoisotopic (exact) mass is 132 g/mol. The first kappa shape index (κ1) is 8.22. The van der Waals surface area contributed by atoms with Crippen LogP contribution in [0.1, 0.15) is 26.7 Å². The zero-order valence-electron chi connectivity index (χ0n) is 6.11. The molecule has 0 aliphatic rings. The molecule has 8 heavy (non-hydrogen) atoms. The lowest BCUT2D eigenvalue weighted by molar-refractivity contribution is 0.897. The van der Waals surface area contributed by atoms with E-state index in [0.29, 0.717) is 10.5 Å². The molecule has 0 saturated heterocycles. The maximum Gasteiger partial charge on any atom is -0.0123 e. The van der Waals surface area contributed by atoms with Crippen molar-refractivity contribution in [1.29, 1.82) is 0 Å². The van der Waals surface area contributed by atoms with Gasteiger partial charge in [-0.2, -0.15) is 10.5 Å². The Morgan fingerprint density at radius 2 is 2.12 bits per heavy atom. The highest BCUT2D eigenvalue weighted by molar-refractivity contribution is 8.14. The molecule has 0 aromatic heterocycles. The lowest BCUT2D eigenvalue weighted by Crippen LogP contribution is -1.79. The summed E-state index contributed by atoms with van der Waals surface area (Å²) in [7, 11) is 0.598. The summed E-state index contributed by atoms with van der Waals surface area (Å²) in [6.07, 6.45) is 5.03. The van der Waals surface area contributed by atoms with Gasteiger partial charge in [-0.15, -0.1) is 0 Å². The van der Waals surface area contributed by atoms with Gasteiger partial charge in [-0.3, -0.25) is 0 Å². The van der Waals surface area contributed by atoms with Gasteiger partial charge >= 0.3 is 0 Å². The second-order valence-corrected chi connectivity index (χ2v) is 4.25. The van der Waals surface area contributed by atoms with Gasteiger partial charge in [0.15, 0.2) is 0 Å². The van der Waals surface area contributed by atoms with Crippen molar-refractivity contribution in [2.24, 2.45) is 0 Å². The average molecular weight is 132 g/mol. The standard InChI is InChI=1S/C7H16S/c1-4-6-7-8(3)5-2/h5H,4,6-7H2,1-3H3. The van der Waals surface area contributed by atoms with E-state index in [1.807, 2.05) is 0 Å². The lowest BCUT2D eigenvalue weighted by Gasteiger charge is -1.96. The van der Waals surface area contributed by atoms with Crippen LogP contribution < -0.4 is 0 Å². The maximum absolute atomic E-state index is 2.30. The van der Waals surface area contributed by atoms with Crippen LogP contribution in [0.3, 0.4) is 0 Å². The van der Waals surface area contributed by atoms with Crippen LogP contribution in [0.2, 0.25) is 0 Å². The van der Waals surface area contributed by atoms with Gasteiger partial charge in [0.2, 0.25) is 0 Å². The summed E-state index contributed by atoms with van der Waals surface area (Å²) in [5.41, 5.74) is 0. The highest BCUT2D eigenvalue weighted by Crippen LogP contribution is 2.07. The Hall–Kier alpha value is 0.220. The summed E-state index contributed by atoms with van der Waals surface area (Å²) in [4.78, 5) is 0. The van der Waals surface area contributed by atoms with E-state index in [2.05, 4.69) is 25.5 Å². The second-order valence-electron chi connectivity index (χ2n) is 1.98. The SMILES string of the molecule is C/C=S(/C)CCCC. The van der Waals surface area contributed by atoms with Crippen LogP contribution in [0.5, 0.6) is 0 Å². The molecular weight excluding hydrogens is 116 g/mol. The largest absolute Gasteiger partial charge is 0.193 e. The molecule has 0 aliphatic heterocycles. The second kappa shape index (κ2) is 5.36. The molecule has 0 saturated carbocycles. The van der Waals surface area contributed by atoms with Gasteiger partial charge in [0, 0.05) is 0 Å².